The molecule has 0 saturated heterocycles. The second-order valence-electron chi connectivity index (χ2n) is 4.40. The van der Waals surface area contributed by atoms with E-state index in [4.69, 9.17) is 0 Å². The van der Waals surface area contributed by atoms with Gasteiger partial charge in [-0.15, -0.1) is 0 Å². The van der Waals surface area contributed by atoms with Crippen LogP contribution in [-0.4, -0.2) is 30.9 Å². The Morgan fingerprint density at radius 2 is 2.00 bits per heavy atom. The first-order valence-corrected chi connectivity index (χ1v) is 6.32. The molecule has 1 rings (SSSR count). The van der Waals surface area contributed by atoms with Crippen molar-refractivity contribution in [2.75, 3.05) is 20.1 Å². The van der Waals surface area contributed by atoms with E-state index in [-0.39, 0.29) is 11.7 Å². The summed E-state index contributed by atoms with van der Waals surface area (Å²) in [5.41, 5.74) is 0.973. The van der Waals surface area contributed by atoms with Crippen LogP contribution in [0.1, 0.15) is 25.3 Å². The fraction of sp³-hybridized carbons (Fsp3) is 0.500. The molecule has 0 saturated carbocycles. The second kappa shape index (κ2) is 7.82. The van der Waals surface area contributed by atoms with Gasteiger partial charge in [-0.2, -0.15) is 0 Å². The number of halogens is 1. The molecular formula is C14H21FN2O. The summed E-state index contributed by atoms with van der Waals surface area (Å²) in [6.45, 7) is 3.80. The molecule has 0 bridgehead atoms. The highest BCUT2D eigenvalue weighted by Gasteiger charge is 2.06. The van der Waals surface area contributed by atoms with Crippen molar-refractivity contribution in [3.8, 4) is 0 Å². The lowest BCUT2D eigenvalue weighted by Gasteiger charge is -2.17. The van der Waals surface area contributed by atoms with Gasteiger partial charge in [0.05, 0.1) is 6.54 Å². The van der Waals surface area contributed by atoms with E-state index in [1.165, 1.54) is 12.1 Å². The number of nitrogens with one attached hydrogen (secondary N) is 1. The van der Waals surface area contributed by atoms with E-state index in [9.17, 15) is 9.18 Å². The first-order valence-electron chi connectivity index (χ1n) is 6.32. The molecule has 0 aliphatic heterocycles. The van der Waals surface area contributed by atoms with Crippen LogP contribution in [0.3, 0.4) is 0 Å². The molecule has 0 atom stereocenters. The molecule has 0 heterocycles. The van der Waals surface area contributed by atoms with Crippen molar-refractivity contribution in [3.05, 3.63) is 35.6 Å². The molecule has 1 aromatic rings. The Kier molecular flexibility index (Phi) is 6.36. The van der Waals surface area contributed by atoms with Gasteiger partial charge in [0, 0.05) is 20.1 Å². The van der Waals surface area contributed by atoms with Crippen LogP contribution in [0.25, 0.3) is 0 Å². The van der Waals surface area contributed by atoms with Crippen LogP contribution in [0, 0.1) is 5.82 Å². The van der Waals surface area contributed by atoms with E-state index in [1.54, 1.807) is 17.0 Å². The quantitative estimate of drug-likeness (QED) is 0.806. The molecule has 1 N–H and O–H groups in total. The molecule has 0 unspecified atom stereocenters. The average molecular weight is 252 g/mol. The predicted octanol–water partition coefficient (Wildman–Crippen LogP) is 2.17. The van der Waals surface area contributed by atoms with E-state index in [0.717, 1.165) is 24.9 Å². The summed E-state index contributed by atoms with van der Waals surface area (Å²) in [5.74, 6) is -0.153. The minimum Gasteiger partial charge on any atom is -0.345 e. The molecule has 18 heavy (non-hydrogen) atoms. The van der Waals surface area contributed by atoms with Gasteiger partial charge < -0.3 is 10.2 Å². The van der Waals surface area contributed by atoms with Crippen LogP contribution in [0.15, 0.2) is 24.3 Å². The number of benzene rings is 1. The summed E-state index contributed by atoms with van der Waals surface area (Å²) in [5, 5.41) is 3.06. The van der Waals surface area contributed by atoms with Crippen molar-refractivity contribution in [2.45, 2.75) is 26.3 Å². The molecule has 0 fully saturated rings. The highest BCUT2D eigenvalue weighted by Crippen LogP contribution is 2.01. The summed E-state index contributed by atoms with van der Waals surface area (Å²) in [4.78, 5) is 13.4. The molecule has 100 valence electrons. The van der Waals surface area contributed by atoms with E-state index >= 15 is 0 Å². The van der Waals surface area contributed by atoms with Gasteiger partial charge >= 0.3 is 0 Å². The normalized spacial score (nSPS) is 10.4. The maximum absolute atomic E-state index is 12.7. The largest absolute Gasteiger partial charge is 0.345 e. The fourth-order valence-corrected chi connectivity index (χ4v) is 1.57. The van der Waals surface area contributed by atoms with Crippen molar-refractivity contribution in [1.29, 1.82) is 0 Å². The Bertz CT molecular complexity index is 365. The van der Waals surface area contributed by atoms with Crippen LogP contribution < -0.4 is 5.32 Å². The summed E-state index contributed by atoms with van der Waals surface area (Å²) in [6, 6.07) is 6.28. The highest BCUT2D eigenvalue weighted by molar-refractivity contribution is 5.77. The summed E-state index contributed by atoms with van der Waals surface area (Å²) in [7, 11) is 1.82. The van der Waals surface area contributed by atoms with Crippen LogP contribution >= 0.6 is 0 Å². The third-order valence-corrected chi connectivity index (χ3v) is 2.79. The van der Waals surface area contributed by atoms with Gasteiger partial charge in [-0.1, -0.05) is 25.5 Å². The van der Waals surface area contributed by atoms with Crippen molar-refractivity contribution in [2.24, 2.45) is 0 Å². The van der Waals surface area contributed by atoms with Crippen LogP contribution in [0.5, 0.6) is 0 Å². The minimum absolute atomic E-state index is 0.0885. The Morgan fingerprint density at radius 3 is 2.61 bits per heavy atom. The average Bonchev–Trinajstić information content (AvgIpc) is 2.38. The summed E-state index contributed by atoms with van der Waals surface area (Å²) in [6.07, 6.45) is 2.11. The fourth-order valence-electron chi connectivity index (χ4n) is 1.57. The SMILES string of the molecule is CCCCN(C)C(=O)CNCc1ccc(F)cc1. The number of hydrogen-bond donors (Lipinski definition) is 1. The zero-order valence-electron chi connectivity index (χ0n) is 11.1. The third-order valence-electron chi connectivity index (χ3n) is 2.79. The third kappa shape index (κ3) is 5.27. The van der Waals surface area contributed by atoms with Crippen molar-refractivity contribution >= 4 is 5.91 Å². The smallest absolute Gasteiger partial charge is 0.236 e. The number of unbranched alkanes of at least 4 members (excludes halogenated alkanes) is 1. The minimum atomic E-state index is -0.242. The van der Waals surface area contributed by atoms with Crippen LogP contribution in [0.2, 0.25) is 0 Å². The van der Waals surface area contributed by atoms with Crippen LogP contribution in [0.4, 0.5) is 4.39 Å². The monoisotopic (exact) mass is 252 g/mol. The highest BCUT2D eigenvalue weighted by atomic mass is 19.1. The molecule has 1 amide bonds. The van der Waals surface area contributed by atoms with Gasteiger partial charge in [-0.05, 0) is 24.1 Å². The Hall–Kier alpha value is -1.42. The first-order chi connectivity index (χ1) is 8.63. The zero-order valence-corrected chi connectivity index (χ0v) is 11.1. The summed E-state index contributed by atoms with van der Waals surface area (Å²) >= 11 is 0. The number of nitrogens with zero attached hydrogens (tertiary/aromatic N) is 1. The Labute approximate surface area is 108 Å². The number of carbonyl (C=O) groups is 1. The molecule has 0 radical (unpaired) electrons. The lowest BCUT2D eigenvalue weighted by atomic mass is 10.2. The van der Waals surface area contributed by atoms with Gasteiger partial charge in [0.2, 0.25) is 5.91 Å². The predicted molar refractivity (Wildman–Crippen MR) is 70.7 cm³/mol. The Morgan fingerprint density at radius 1 is 1.33 bits per heavy atom. The molecule has 3 nitrogen and oxygen atoms in total. The maximum Gasteiger partial charge on any atom is 0.236 e. The molecule has 0 spiro atoms. The first kappa shape index (κ1) is 14.6. The Balaban J connectivity index is 2.24. The summed E-state index contributed by atoms with van der Waals surface area (Å²) < 4.78 is 12.7. The van der Waals surface area contributed by atoms with E-state index < -0.39 is 0 Å². The molecule has 0 aromatic heterocycles. The van der Waals surface area contributed by atoms with Gasteiger partial charge in [-0.25, -0.2) is 4.39 Å². The number of rotatable bonds is 7. The van der Waals surface area contributed by atoms with E-state index in [0.29, 0.717) is 13.1 Å². The van der Waals surface area contributed by atoms with Gasteiger partial charge in [0.1, 0.15) is 5.82 Å². The molecule has 1 aromatic carbocycles. The van der Waals surface area contributed by atoms with E-state index in [1.807, 2.05) is 7.05 Å². The van der Waals surface area contributed by atoms with Crippen molar-refractivity contribution in [3.63, 3.8) is 0 Å². The lowest BCUT2D eigenvalue weighted by molar-refractivity contribution is -0.129. The topological polar surface area (TPSA) is 32.3 Å². The van der Waals surface area contributed by atoms with Gasteiger partial charge in [0.25, 0.3) is 0 Å². The second-order valence-corrected chi connectivity index (χ2v) is 4.40. The maximum atomic E-state index is 12.7. The molecular weight excluding hydrogens is 231 g/mol. The molecule has 4 heteroatoms. The zero-order chi connectivity index (χ0) is 13.4. The number of hydrogen-bond acceptors (Lipinski definition) is 2. The number of likely N-dealkylation sites (N-methyl/N-ethyl adjacent to an activating group) is 1. The molecule has 0 aliphatic carbocycles. The van der Waals surface area contributed by atoms with Gasteiger partial charge in [-0.3, -0.25) is 4.79 Å². The van der Waals surface area contributed by atoms with E-state index in [2.05, 4.69) is 12.2 Å². The standard InChI is InChI=1S/C14H21FN2O/c1-3-4-9-17(2)14(18)11-16-10-12-5-7-13(15)8-6-12/h5-8,16H,3-4,9-11H2,1-2H3. The lowest BCUT2D eigenvalue weighted by Crippen LogP contribution is -2.35. The van der Waals surface area contributed by atoms with Crippen LogP contribution in [-0.2, 0) is 11.3 Å². The van der Waals surface area contributed by atoms with Crippen molar-refractivity contribution < 1.29 is 9.18 Å². The molecule has 0 aliphatic rings. The van der Waals surface area contributed by atoms with Crippen molar-refractivity contribution in [1.82, 2.24) is 10.2 Å². The number of carbonyl (C=O) groups excluding carboxylic acids is 1. The van der Waals surface area contributed by atoms with Gasteiger partial charge in [0.15, 0.2) is 0 Å². The number of amides is 1.